The van der Waals surface area contributed by atoms with Crippen molar-refractivity contribution in [2.75, 3.05) is 20.1 Å². The molecule has 2 aliphatic rings. The molecule has 0 aliphatic carbocycles. The average molecular weight is 273 g/mol. The van der Waals surface area contributed by atoms with Crippen molar-refractivity contribution in [3.63, 3.8) is 0 Å². The number of hydrogen-bond donors (Lipinski definition) is 1. The van der Waals surface area contributed by atoms with Crippen LogP contribution in [0.25, 0.3) is 0 Å². The number of hydrogen-bond acceptors (Lipinski definition) is 3. The molecule has 3 rings (SSSR count). The van der Waals surface area contributed by atoms with E-state index in [9.17, 15) is 9.18 Å². The second kappa shape index (κ2) is 4.74. The Balaban J connectivity index is 2.09. The number of nitrogens with one attached hydrogen (secondary N) is 1. The second-order valence-electron chi connectivity index (χ2n) is 5.11. The van der Waals surface area contributed by atoms with Gasteiger partial charge in [0.05, 0.1) is 12.6 Å². The highest BCUT2D eigenvalue weighted by molar-refractivity contribution is 6.11. The number of halogens is 1. The summed E-state index contributed by atoms with van der Waals surface area (Å²) in [7, 11) is 1.90. The number of carbonyl (C=O) groups is 1. The Morgan fingerprint density at radius 2 is 2.05 bits per heavy atom. The second-order valence-corrected chi connectivity index (χ2v) is 5.11. The Morgan fingerprint density at radius 3 is 2.75 bits per heavy atom. The molecule has 0 bridgehead atoms. The lowest BCUT2D eigenvalue weighted by Gasteiger charge is -2.17. The summed E-state index contributed by atoms with van der Waals surface area (Å²) in [5.74, 6) is -0.371. The Labute approximate surface area is 117 Å². The smallest absolute Gasteiger partial charge is 0.268 e. The number of amides is 1. The van der Waals surface area contributed by atoms with Crippen LogP contribution in [0.3, 0.4) is 0 Å². The van der Waals surface area contributed by atoms with Gasteiger partial charge in [0.25, 0.3) is 5.91 Å². The van der Waals surface area contributed by atoms with Crippen LogP contribution in [0, 0.1) is 5.82 Å². The van der Waals surface area contributed by atoms with Crippen LogP contribution in [0.15, 0.2) is 40.5 Å². The summed E-state index contributed by atoms with van der Waals surface area (Å²) in [5, 5.41) is 2.96. The molecule has 0 aromatic heterocycles. The van der Waals surface area contributed by atoms with Crippen LogP contribution in [0.5, 0.6) is 0 Å². The van der Waals surface area contributed by atoms with Crippen molar-refractivity contribution < 1.29 is 9.18 Å². The van der Waals surface area contributed by atoms with Gasteiger partial charge in [-0.15, -0.1) is 0 Å². The van der Waals surface area contributed by atoms with Crippen LogP contribution in [0.1, 0.15) is 18.5 Å². The van der Waals surface area contributed by atoms with Crippen molar-refractivity contribution in [3.8, 4) is 0 Å². The first-order valence-electron chi connectivity index (χ1n) is 6.61. The molecule has 0 spiro atoms. The molecule has 1 unspecified atom stereocenters. The molecule has 104 valence electrons. The fraction of sp³-hybridized carbons (Fsp3) is 0.333. The van der Waals surface area contributed by atoms with E-state index in [1.165, 1.54) is 12.1 Å². The number of carbonyl (C=O) groups excluding carboxylic acids is 1. The lowest BCUT2D eigenvalue weighted by molar-refractivity contribution is -0.118. The van der Waals surface area contributed by atoms with Crippen molar-refractivity contribution in [1.82, 2.24) is 10.2 Å². The first-order valence-corrected chi connectivity index (χ1v) is 6.61. The van der Waals surface area contributed by atoms with Gasteiger partial charge in [0.2, 0.25) is 0 Å². The van der Waals surface area contributed by atoms with Gasteiger partial charge < -0.3 is 10.2 Å². The first-order chi connectivity index (χ1) is 9.58. The Morgan fingerprint density at radius 1 is 1.35 bits per heavy atom. The van der Waals surface area contributed by atoms with Gasteiger partial charge >= 0.3 is 0 Å². The van der Waals surface area contributed by atoms with E-state index in [1.807, 2.05) is 18.9 Å². The summed E-state index contributed by atoms with van der Waals surface area (Å²) >= 11 is 0. The quantitative estimate of drug-likeness (QED) is 0.845. The molecule has 0 saturated carbocycles. The number of nitrogens with zero attached hydrogens (tertiary/aromatic N) is 2. The van der Waals surface area contributed by atoms with Crippen LogP contribution in [0.2, 0.25) is 0 Å². The highest BCUT2D eigenvalue weighted by atomic mass is 19.1. The number of aliphatic imine (C=N–C) groups is 1. The van der Waals surface area contributed by atoms with E-state index in [0.29, 0.717) is 12.2 Å². The molecule has 1 atom stereocenters. The van der Waals surface area contributed by atoms with E-state index in [2.05, 4.69) is 10.3 Å². The van der Waals surface area contributed by atoms with Crippen LogP contribution >= 0.6 is 0 Å². The predicted molar refractivity (Wildman–Crippen MR) is 74.9 cm³/mol. The van der Waals surface area contributed by atoms with E-state index in [4.69, 9.17) is 0 Å². The topological polar surface area (TPSA) is 44.7 Å². The van der Waals surface area contributed by atoms with Crippen LogP contribution in [0.4, 0.5) is 4.39 Å². The molecular formula is C15H16FN3O. The summed E-state index contributed by atoms with van der Waals surface area (Å²) < 4.78 is 13.1. The van der Waals surface area contributed by atoms with E-state index in [-0.39, 0.29) is 17.8 Å². The molecule has 1 aromatic carbocycles. The maximum atomic E-state index is 13.1. The fourth-order valence-electron chi connectivity index (χ4n) is 2.76. The van der Waals surface area contributed by atoms with Gasteiger partial charge in [0.1, 0.15) is 11.5 Å². The minimum absolute atomic E-state index is 0.0896. The van der Waals surface area contributed by atoms with E-state index < -0.39 is 0 Å². The highest BCUT2D eigenvalue weighted by Gasteiger charge is 2.36. The number of rotatable bonds is 1. The molecule has 0 fully saturated rings. The van der Waals surface area contributed by atoms with Gasteiger partial charge in [-0.2, -0.15) is 0 Å². The maximum Gasteiger partial charge on any atom is 0.268 e. The van der Waals surface area contributed by atoms with Crippen molar-refractivity contribution >= 4 is 11.6 Å². The van der Waals surface area contributed by atoms with Crippen molar-refractivity contribution in [2.24, 2.45) is 4.99 Å². The van der Waals surface area contributed by atoms with Crippen molar-refractivity contribution in [3.05, 3.63) is 46.9 Å². The lowest BCUT2D eigenvalue weighted by Crippen LogP contribution is -2.29. The molecule has 4 nitrogen and oxygen atoms in total. The van der Waals surface area contributed by atoms with Crippen LogP contribution in [-0.4, -0.2) is 36.7 Å². The lowest BCUT2D eigenvalue weighted by atomic mass is 9.96. The number of likely N-dealkylation sites (N-methyl/N-ethyl adjacent to an activating group) is 1. The summed E-state index contributed by atoms with van der Waals surface area (Å²) in [6, 6.07) is 5.98. The van der Waals surface area contributed by atoms with Gasteiger partial charge in [-0.05, 0) is 24.6 Å². The van der Waals surface area contributed by atoms with E-state index >= 15 is 0 Å². The molecular weight excluding hydrogens is 257 g/mol. The molecule has 0 saturated heterocycles. The normalized spacial score (nSPS) is 22.4. The maximum absolute atomic E-state index is 13.1. The third-order valence-electron chi connectivity index (χ3n) is 3.79. The molecule has 5 heteroatoms. The standard InChI is InChI=1S/C15H16FN3O/c1-9-12-13(10-3-5-11(16)6-4-10)18-15(20)14(12)19(2)8-7-17-9/h3-6,13H,7-8H2,1-2H3,(H,18,20). The molecule has 0 radical (unpaired) electrons. The van der Waals surface area contributed by atoms with Gasteiger partial charge in [-0.1, -0.05) is 12.1 Å². The van der Waals surface area contributed by atoms with Gasteiger partial charge in [-0.3, -0.25) is 9.79 Å². The van der Waals surface area contributed by atoms with Crippen LogP contribution in [-0.2, 0) is 4.79 Å². The average Bonchev–Trinajstić information content (AvgIpc) is 2.69. The minimum atomic E-state index is -0.282. The van der Waals surface area contributed by atoms with Crippen LogP contribution < -0.4 is 5.32 Å². The molecule has 1 N–H and O–H groups in total. The van der Waals surface area contributed by atoms with Gasteiger partial charge in [-0.25, -0.2) is 4.39 Å². The predicted octanol–water partition coefficient (Wildman–Crippen LogP) is 1.66. The summed E-state index contributed by atoms with van der Waals surface area (Å²) in [5.41, 5.74) is 3.33. The zero-order chi connectivity index (χ0) is 14.3. The Bertz CT molecular complexity index is 619. The fourth-order valence-corrected chi connectivity index (χ4v) is 2.76. The number of benzene rings is 1. The highest BCUT2D eigenvalue weighted by Crippen LogP contribution is 2.33. The third kappa shape index (κ3) is 1.99. The van der Waals surface area contributed by atoms with Crippen molar-refractivity contribution in [2.45, 2.75) is 13.0 Å². The summed E-state index contributed by atoms with van der Waals surface area (Å²) in [4.78, 5) is 18.7. The molecule has 1 aromatic rings. The third-order valence-corrected chi connectivity index (χ3v) is 3.79. The van der Waals surface area contributed by atoms with Crippen molar-refractivity contribution in [1.29, 1.82) is 0 Å². The Hall–Kier alpha value is -2.17. The minimum Gasteiger partial charge on any atom is -0.368 e. The van der Waals surface area contributed by atoms with Gasteiger partial charge in [0, 0.05) is 24.9 Å². The summed E-state index contributed by atoms with van der Waals surface area (Å²) in [6.07, 6.45) is 0. The molecule has 2 aliphatic heterocycles. The SMILES string of the molecule is CC1=NCCN(C)C2=C1C(c1ccc(F)cc1)NC2=O. The monoisotopic (exact) mass is 273 g/mol. The molecule has 2 heterocycles. The Kier molecular flexibility index (Phi) is 3.04. The van der Waals surface area contributed by atoms with Gasteiger partial charge in [0.15, 0.2) is 0 Å². The summed E-state index contributed by atoms with van der Waals surface area (Å²) in [6.45, 7) is 3.32. The van der Waals surface area contributed by atoms with E-state index in [1.54, 1.807) is 12.1 Å². The first kappa shape index (κ1) is 12.8. The molecule has 20 heavy (non-hydrogen) atoms. The molecule has 1 amide bonds. The zero-order valence-corrected chi connectivity index (χ0v) is 11.5. The van der Waals surface area contributed by atoms with E-state index in [0.717, 1.165) is 23.4 Å². The zero-order valence-electron chi connectivity index (χ0n) is 11.5. The largest absolute Gasteiger partial charge is 0.368 e.